The van der Waals surface area contributed by atoms with Gasteiger partial charge < -0.3 is 10.4 Å². The highest BCUT2D eigenvalue weighted by Crippen LogP contribution is 2.20. The number of nitrogens with zero attached hydrogens (tertiary/aromatic N) is 1. The molecule has 0 bridgehead atoms. The number of aliphatic hydroxyl groups is 1. The highest BCUT2D eigenvalue weighted by Gasteiger charge is 2.03. The normalized spacial score (nSPS) is 12.6. The molecule has 84 valence electrons. The Morgan fingerprint density at radius 1 is 1.31 bits per heavy atom. The van der Waals surface area contributed by atoms with Crippen LogP contribution in [0, 0.1) is 5.92 Å². The van der Waals surface area contributed by atoms with Gasteiger partial charge in [-0.05, 0) is 18.1 Å². The lowest BCUT2D eigenvalue weighted by molar-refractivity contribution is 0.244. The minimum atomic E-state index is 0.204. The molecule has 1 aromatic heterocycles. The summed E-state index contributed by atoms with van der Waals surface area (Å²) in [5.74, 6) is 0.256. The van der Waals surface area contributed by atoms with E-state index >= 15 is 0 Å². The van der Waals surface area contributed by atoms with E-state index in [1.165, 1.54) is 0 Å². The molecular weight excluding hydrogens is 200 g/mol. The van der Waals surface area contributed by atoms with Crippen LogP contribution in [0.2, 0.25) is 0 Å². The summed E-state index contributed by atoms with van der Waals surface area (Å²) >= 11 is 0. The number of benzene rings is 1. The summed E-state index contributed by atoms with van der Waals surface area (Å²) in [4.78, 5) is 4.30. The SMILES string of the molecule is CC(CO)CNc1ccnc2ccccc12. The number of pyridine rings is 1. The molecule has 2 N–H and O–H groups in total. The number of para-hydroxylation sites is 1. The van der Waals surface area contributed by atoms with E-state index in [0.717, 1.165) is 23.1 Å². The first-order valence-electron chi connectivity index (χ1n) is 5.49. The van der Waals surface area contributed by atoms with E-state index in [1.807, 2.05) is 37.3 Å². The highest BCUT2D eigenvalue weighted by molar-refractivity contribution is 5.90. The molecule has 0 aliphatic carbocycles. The summed E-state index contributed by atoms with van der Waals surface area (Å²) in [5, 5.41) is 13.4. The molecule has 0 aliphatic heterocycles. The molecule has 1 aromatic carbocycles. The van der Waals surface area contributed by atoms with Gasteiger partial charge in [0.25, 0.3) is 0 Å². The van der Waals surface area contributed by atoms with Crippen molar-refractivity contribution in [1.29, 1.82) is 0 Å². The molecule has 0 aliphatic rings. The smallest absolute Gasteiger partial charge is 0.0722 e. The first-order valence-corrected chi connectivity index (χ1v) is 5.49. The van der Waals surface area contributed by atoms with Crippen LogP contribution in [-0.2, 0) is 0 Å². The molecule has 0 amide bonds. The maximum absolute atomic E-state index is 8.97. The van der Waals surface area contributed by atoms with E-state index in [1.54, 1.807) is 6.20 Å². The van der Waals surface area contributed by atoms with Crippen molar-refractivity contribution >= 4 is 16.6 Å². The van der Waals surface area contributed by atoms with Crippen molar-refractivity contribution in [2.45, 2.75) is 6.92 Å². The Kier molecular flexibility index (Phi) is 3.37. The fourth-order valence-electron chi connectivity index (χ4n) is 1.60. The van der Waals surface area contributed by atoms with Gasteiger partial charge in [-0.2, -0.15) is 0 Å². The Hall–Kier alpha value is -1.61. The number of hydrogen-bond acceptors (Lipinski definition) is 3. The predicted octanol–water partition coefficient (Wildman–Crippen LogP) is 2.28. The van der Waals surface area contributed by atoms with Crippen LogP contribution in [0.4, 0.5) is 5.69 Å². The third-order valence-electron chi connectivity index (χ3n) is 2.60. The maximum atomic E-state index is 8.97. The van der Waals surface area contributed by atoms with Crippen LogP contribution in [0.1, 0.15) is 6.92 Å². The Morgan fingerprint density at radius 2 is 2.12 bits per heavy atom. The van der Waals surface area contributed by atoms with Crippen molar-refractivity contribution in [3.63, 3.8) is 0 Å². The van der Waals surface area contributed by atoms with E-state index < -0.39 is 0 Å². The molecule has 1 unspecified atom stereocenters. The van der Waals surface area contributed by atoms with Gasteiger partial charge in [0, 0.05) is 30.4 Å². The minimum Gasteiger partial charge on any atom is -0.396 e. The molecule has 0 saturated heterocycles. The van der Waals surface area contributed by atoms with Gasteiger partial charge in [-0.25, -0.2) is 0 Å². The molecule has 0 saturated carbocycles. The zero-order valence-electron chi connectivity index (χ0n) is 9.35. The number of aromatic nitrogens is 1. The molecule has 16 heavy (non-hydrogen) atoms. The largest absolute Gasteiger partial charge is 0.396 e. The summed E-state index contributed by atoms with van der Waals surface area (Å²) < 4.78 is 0. The van der Waals surface area contributed by atoms with Crippen LogP contribution in [0.5, 0.6) is 0 Å². The van der Waals surface area contributed by atoms with Crippen LogP contribution in [0.3, 0.4) is 0 Å². The van der Waals surface area contributed by atoms with Crippen LogP contribution >= 0.6 is 0 Å². The van der Waals surface area contributed by atoms with Crippen molar-refractivity contribution in [1.82, 2.24) is 4.98 Å². The van der Waals surface area contributed by atoms with Gasteiger partial charge >= 0.3 is 0 Å². The third-order valence-corrected chi connectivity index (χ3v) is 2.60. The minimum absolute atomic E-state index is 0.204. The maximum Gasteiger partial charge on any atom is 0.0722 e. The van der Waals surface area contributed by atoms with Gasteiger partial charge in [-0.1, -0.05) is 25.1 Å². The standard InChI is InChI=1S/C13H16N2O/c1-10(9-16)8-15-13-6-7-14-12-5-3-2-4-11(12)13/h2-7,10,16H,8-9H2,1H3,(H,14,15). The number of fused-ring (bicyclic) bond motifs is 1. The fraction of sp³-hybridized carbons (Fsp3) is 0.308. The van der Waals surface area contributed by atoms with Crippen LogP contribution in [-0.4, -0.2) is 23.2 Å². The topological polar surface area (TPSA) is 45.1 Å². The number of nitrogens with one attached hydrogen (secondary N) is 1. The third kappa shape index (κ3) is 2.31. The first kappa shape index (κ1) is 10.9. The fourth-order valence-corrected chi connectivity index (χ4v) is 1.60. The molecular formula is C13H16N2O. The molecule has 0 radical (unpaired) electrons. The van der Waals surface area contributed by atoms with Crippen molar-refractivity contribution in [2.75, 3.05) is 18.5 Å². The molecule has 0 fully saturated rings. The molecule has 3 heteroatoms. The molecule has 2 rings (SSSR count). The van der Waals surface area contributed by atoms with Gasteiger partial charge in [0.05, 0.1) is 5.52 Å². The lowest BCUT2D eigenvalue weighted by Gasteiger charge is -2.12. The predicted molar refractivity (Wildman–Crippen MR) is 66.5 cm³/mol. The summed E-state index contributed by atoms with van der Waals surface area (Å²) in [6.45, 7) is 2.98. The molecule has 1 heterocycles. The second-order valence-corrected chi connectivity index (χ2v) is 4.04. The van der Waals surface area contributed by atoms with E-state index in [4.69, 9.17) is 5.11 Å². The van der Waals surface area contributed by atoms with E-state index in [2.05, 4.69) is 10.3 Å². The lowest BCUT2D eigenvalue weighted by atomic mass is 10.1. The highest BCUT2D eigenvalue weighted by atomic mass is 16.3. The van der Waals surface area contributed by atoms with Crippen molar-refractivity contribution in [3.8, 4) is 0 Å². The Balaban J connectivity index is 2.23. The summed E-state index contributed by atoms with van der Waals surface area (Å²) in [5.41, 5.74) is 2.06. The zero-order chi connectivity index (χ0) is 11.4. The Morgan fingerprint density at radius 3 is 2.94 bits per heavy atom. The summed E-state index contributed by atoms with van der Waals surface area (Å²) in [6.07, 6.45) is 1.80. The van der Waals surface area contributed by atoms with Crippen molar-refractivity contribution < 1.29 is 5.11 Å². The van der Waals surface area contributed by atoms with Crippen LogP contribution < -0.4 is 5.32 Å². The molecule has 3 nitrogen and oxygen atoms in total. The van der Waals surface area contributed by atoms with E-state index in [-0.39, 0.29) is 12.5 Å². The average molecular weight is 216 g/mol. The number of hydrogen-bond donors (Lipinski definition) is 2. The zero-order valence-corrected chi connectivity index (χ0v) is 9.35. The van der Waals surface area contributed by atoms with Gasteiger partial charge in [-0.15, -0.1) is 0 Å². The second kappa shape index (κ2) is 4.94. The number of anilines is 1. The first-order chi connectivity index (χ1) is 7.81. The Bertz CT molecular complexity index is 465. The lowest BCUT2D eigenvalue weighted by Crippen LogP contribution is -2.14. The van der Waals surface area contributed by atoms with Gasteiger partial charge in [0.15, 0.2) is 0 Å². The van der Waals surface area contributed by atoms with Crippen LogP contribution in [0.15, 0.2) is 36.5 Å². The van der Waals surface area contributed by atoms with E-state index in [9.17, 15) is 0 Å². The molecule has 2 aromatic rings. The monoisotopic (exact) mass is 216 g/mol. The summed E-state index contributed by atoms with van der Waals surface area (Å²) in [6, 6.07) is 10.00. The second-order valence-electron chi connectivity index (χ2n) is 4.04. The quantitative estimate of drug-likeness (QED) is 0.824. The van der Waals surface area contributed by atoms with E-state index in [0.29, 0.717) is 0 Å². The Labute approximate surface area is 95.1 Å². The van der Waals surface area contributed by atoms with Crippen LogP contribution in [0.25, 0.3) is 10.9 Å². The van der Waals surface area contributed by atoms with Gasteiger partial charge in [-0.3, -0.25) is 4.98 Å². The number of aliphatic hydroxyl groups excluding tert-OH is 1. The van der Waals surface area contributed by atoms with Gasteiger partial charge in [0.1, 0.15) is 0 Å². The average Bonchev–Trinajstić information content (AvgIpc) is 2.35. The van der Waals surface area contributed by atoms with Crippen molar-refractivity contribution in [3.05, 3.63) is 36.5 Å². The molecule has 1 atom stereocenters. The molecule has 0 spiro atoms. The van der Waals surface area contributed by atoms with Crippen molar-refractivity contribution in [2.24, 2.45) is 5.92 Å². The van der Waals surface area contributed by atoms with Gasteiger partial charge in [0.2, 0.25) is 0 Å². The summed E-state index contributed by atoms with van der Waals surface area (Å²) in [7, 11) is 0. The number of rotatable bonds is 4.